The molecule has 0 aromatic heterocycles. The number of hydrogen-bond donors (Lipinski definition) is 1. The predicted octanol–water partition coefficient (Wildman–Crippen LogP) is 2.67. The van der Waals surface area contributed by atoms with E-state index in [0.717, 1.165) is 0 Å². The minimum Gasteiger partial charge on any atom is -0.480 e. The number of carbonyl (C=O) groups excluding carboxylic acids is 1. The van der Waals surface area contributed by atoms with Crippen LogP contribution in [0, 0.1) is 0 Å². The molecule has 0 aliphatic carbocycles. The largest absolute Gasteiger partial charge is 0.480 e. The van der Waals surface area contributed by atoms with E-state index in [1.54, 1.807) is 45.0 Å². The van der Waals surface area contributed by atoms with Crippen LogP contribution in [0.2, 0.25) is 5.02 Å². The van der Waals surface area contributed by atoms with Crippen molar-refractivity contribution >= 4 is 23.5 Å². The van der Waals surface area contributed by atoms with Gasteiger partial charge in [-0.2, -0.15) is 0 Å². The average molecular weight is 270 g/mol. The summed E-state index contributed by atoms with van der Waals surface area (Å²) in [4.78, 5) is 24.5. The van der Waals surface area contributed by atoms with Crippen molar-refractivity contribution in [3.8, 4) is 0 Å². The van der Waals surface area contributed by atoms with Crippen LogP contribution in [0.5, 0.6) is 0 Å². The molecule has 0 heterocycles. The first-order valence-corrected chi connectivity index (χ1v) is 5.89. The minimum atomic E-state index is -1.05. The van der Waals surface area contributed by atoms with Gasteiger partial charge in [-0.1, -0.05) is 23.7 Å². The number of nitrogens with zero attached hydrogens (tertiary/aromatic N) is 1. The summed E-state index contributed by atoms with van der Waals surface area (Å²) < 4.78 is 0. The monoisotopic (exact) mass is 269 g/mol. The Morgan fingerprint density at radius 3 is 2.28 bits per heavy atom. The van der Waals surface area contributed by atoms with E-state index in [9.17, 15) is 9.59 Å². The smallest absolute Gasteiger partial charge is 0.323 e. The van der Waals surface area contributed by atoms with E-state index >= 15 is 0 Å². The molecule has 4 nitrogen and oxygen atoms in total. The molecule has 0 radical (unpaired) electrons. The summed E-state index contributed by atoms with van der Waals surface area (Å²) in [7, 11) is 0. The molecular weight excluding hydrogens is 254 g/mol. The van der Waals surface area contributed by atoms with Gasteiger partial charge in [0.15, 0.2) is 0 Å². The zero-order valence-corrected chi connectivity index (χ0v) is 11.4. The molecule has 1 rings (SSSR count). The van der Waals surface area contributed by atoms with E-state index < -0.39 is 11.5 Å². The normalized spacial score (nSPS) is 11.1. The van der Waals surface area contributed by atoms with Gasteiger partial charge in [0.05, 0.1) is 10.6 Å². The molecule has 0 atom stereocenters. The maximum absolute atomic E-state index is 12.3. The molecule has 0 fully saturated rings. The highest BCUT2D eigenvalue weighted by atomic mass is 35.5. The van der Waals surface area contributed by atoms with E-state index in [2.05, 4.69) is 0 Å². The van der Waals surface area contributed by atoms with E-state index in [0.29, 0.717) is 10.6 Å². The van der Waals surface area contributed by atoms with Crippen molar-refractivity contribution in [3.05, 3.63) is 34.9 Å². The van der Waals surface area contributed by atoms with Crippen LogP contribution in [0.4, 0.5) is 0 Å². The Hall–Kier alpha value is -1.55. The standard InChI is InChI=1S/C13H16ClNO3/c1-13(2,3)15(8-11(16)17)12(18)9-6-4-5-7-10(9)14/h4-7H,8H2,1-3H3,(H,16,17). The van der Waals surface area contributed by atoms with Crippen LogP contribution in [0.25, 0.3) is 0 Å². The predicted molar refractivity (Wildman–Crippen MR) is 69.9 cm³/mol. The second kappa shape index (κ2) is 5.40. The van der Waals surface area contributed by atoms with E-state index in [1.165, 1.54) is 4.90 Å². The fourth-order valence-corrected chi connectivity index (χ4v) is 1.75. The van der Waals surface area contributed by atoms with Gasteiger partial charge in [-0.25, -0.2) is 0 Å². The minimum absolute atomic E-state index is 0.315. The summed E-state index contributed by atoms with van der Waals surface area (Å²) in [6.45, 7) is 4.99. The van der Waals surface area contributed by atoms with E-state index in [4.69, 9.17) is 16.7 Å². The first kappa shape index (κ1) is 14.5. The lowest BCUT2D eigenvalue weighted by molar-refractivity contribution is -0.138. The highest BCUT2D eigenvalue weighted by Crippen LogP contribution is 2.22. The molecule has 0 aliphatic heterocycles. The number of hydrogen-bond acceptors (Lipinski definition) is 2. The molecule has 1 aromatic rings. The van der Waals surface area contributed by atoms with Gasteiger partial charge in [-0.05, 0) is 32.9 Å². The molecule has 0 unspecified atom stereocenters. The van der Waals surface area contributed by atoms with Crippen molar-refractivity contribution in [2.24, 2.45) is 0 Å². The lowest BCUT2D eigenvalue weighted by Crippen LogP contribution is -2.48. The molecule has 0 bridgehead atoms. The first-order chi connectivity index (χ1) is 8.23. The Kier molecular flexibility index (Phi) is 4.35. The lowest BCUT2D eigenvalue weighted by Gasteiger charge is -2.34. The highest BCUT2D eigenvalue weighted by Gasteiger charge is 2.30. The summed E-state index contributed by atoms with van der Waals surface area (Å²) >= 11 is 5.95. The maximum Gasteiger partial charge on any atom is 0.323 e. The quantitative estimate of drug-likeness (QED) is 0.918. The molecular formula is C13H16ClNO3. The van der Waals surface area contributed by atoms with Gasteiger partial charge in [0, 0.05) is 5.54 Å². The SMILES string of the molecule is CC(C)(C)N(CC(=O)O)C(=O)c1ccccc1Cl. The van der Waals surface area contributed by atoms with Crippen molar-refractivity contribution in [2.75, 3.05) is 6.54 Å². The number of halogens is 1. The van der Waals surface area contributed by atoms with Crippen LogP contribution in [-0.4, -0.2) is 34.0 Å². The van der Waals surface area contributed by atoms with Gasteiger partial charge >= 0.3 is 5.97 Å². The van der Waals surface area contributed by atoms with Crippen molar-refractivity contribution in [1.29, 1.82) is 0 Å². The first-order valence-electron chi connectivity index (χ1n) is 5.52. The topological polar surface area (TPSA) is 57.6 Å². The van der Waals surface area contributed by atoms with Crippen LogP contribution in [-0.2, 0) is 4.79 Å². The summed E-state index contributed by atoms with van der Waals surface area (Å²) in [5, 5.41) is 9.21. The van der Waals surface area contributed by atoms with Crippen LogP contribution in [0.15, 0.2) is 24.3 Å². The molecule has 18 heavy (non-hydrogen) atoms. The fraction of sp³-hybridized carbons (Fsp3) is 0.385. The molecule has 0 spiro atoms. The number of carboxylic acid groups (broad SMARTS) is 1. The number of carboxylic acids is 1. The molecule has 0 aliphatic rings. The van der Waals surface area contributed by atoms with Gasteiger partial charge in [0.25, 0.3) is 5.91 Å². The number of aliphatic carboxylic acids is 1. The Morgan fingerprint density at radius 2 is 1.83 bits per heavy atom. The van der Waals surface area contributed by atoms with Crippen LogP contribution >= 0.6 is 11.6 Å². The van der Waals surface area contributed by atoms with E-state index in [1.807, 2.05) is 0 Å². The van der Waals surface area contributed by atoms with Crippen LogP contribution in [0.1, 0.15) is 31.1 Å². The van der Waals surface area contributed by atoms with Crippen LogP contribution in [0.3, 0.4) is 0 Å². The Balaban J connectivity index is 3.11. The summed E-state index contributed by atoms with van der Waals surface area (Å²) in [5.74, 6) is -1.43. The molecule has 98 valence electrons. The number of benzene rings is 1. The molecule has 1 N–H and O–H groups in total. The number of amides is 1. The van der Waals surface area contributed by atoms with Crippen molar-refractivity contribution in [1.82, 2.24) is 4.90 Å². The van der Waals surface area contributed by atoms with Crippen molar-refractivity contribution in [2.45, 2.75) is 26.3 Å². The summed E-state index contributed by atoms with van der Waals surface area (Å²) in [5.41, 5.74) is -0.274. The van der Waals surface area contributed by atoms with Gasteiger partial charge < -0.3 is 10.0 Å². The van der Waals surface area contributed by atoms with Gasteiger partial charge in [0.2, 0.25) is 0 Å². The highest BCUT2D eigenvalue weighted by molar-refractivity contribution is 6.33. The Bertz CT molecular complexity index is 466. The third-order valence-electron chi connectivity index (χ3n) is 2.45. The number of rotatable bonds is 3. The van der Waals surface area contributed by atoms with Gasteiger partial charge in [0.1, 0.15) is 6.54 Å². The second-order valence-corrected chi connectivity index (χ2v) is 5.34. The third kappa shape index (κ3) is 3.47. The Morgan fingerprint density at radius 1 is 1.28 bits per heavy atom. The third-order valence-corrected chi connectivity index (χ3v) is 2.78. The molecule has 5 heteroatoms. The summed E-state index contributed by atoms with van der Waals surface area (Å²) in [6.07, 6.45) is 0. The maximum atomic E-state index is 12.3. The zero-order valence-electron chi connectivity index (χ0n) is 10.6. The average Bonchev–Trinajstić information content (AvgIpc) is 2.24. The second-order valence-electron chi connectivity index (χ2n) is 4.94. The molecule has 0 saturated heterocycles. The van der Waals surface area contributed by atoms with Gasteiger partial charge in [-0.3, -0.25) is 9.59 Å². The van der Waals surface area contributed by atoms with E-state index in [-0.39, 0.29) is 12.5 Å². The van der Waals surface area contributed by atoms with Crippen LogP contribution < -0.4 is 0 Å². The van der Waals surface area contributed by atoms with Crippen molar-refractivity contribution in [3.63, 3.8) is 0 Å². The van der Waals surface area contributed by atoms with Crippen molar-refractivity contribution < 1.29 is 14.7 Å². The molecule has 0 saturated carbocycles. The molecule has 1 aromatic carbocycles. The zero-order chi connectivity index (χ0) is 13.9. The lowest BCUT2D eigenvalue weighted by atomic mass is 10.0. The fourth-order valence-electron chi connectivity index (χ4n) is 1.53. The molecule has 1 amide bonds. The van der Waals surface area contributed by atoms with Gasteiger partial charge in [-0.15, -0.1) is 0 Å². The summed E-state index contributed by atoms with van der Waals surface area (Å²) in [6, 6.07) is 6.61. The number of carbonyl (C=O) groups is 2. The Labute approximate surface area is 111 Å².